The second-order valence-electron chi connectivity index (χ2n) is 5.09. The van der Waals surface area contributed by atoms with E-state index in [2.05, 4.69) is 11.8 Å². The maximum absolute atomic E-state index is 11.6. The average Bonchev–Trinajstić information content (AvgIpc) is 2.40. The van der Waals surface area contributed by atoms with E-state index in [1.165, 1.54) is 0 Å². The summed E-state index contributed by atoms with van der Waals surface area (Å²) in [6, 6.07) is 0. The van der Waals surface area contributed by atoms with Gasteiger partial charge in [-0.1, -0.05) is 32.6 Å². The molecule has 0 aromatic carbocycles. The molecule has 0 heterocycles. The Morgan fingerprint density at radius 3 is 2.55 bits per heavy atom. The number of aliphatic hydroxyl groups is 1. The van der Waals surface area contributed by atoms with Gasteiger partial charge < -0.3 is 9.94 Å². The van der Waals surface area contributed by atoms with Crippen LogP contribution in [0.25, 0.3) is 0 Å². The van der Waals surface area contributed by atoms with E-state index in [9.17, 15) is 20.0 Å². The number of rotatable bonds is 14. The summed E-state index contributed by atoms with van der Waals surface area (Å²) in [6.07, 6.45) is 7.22. The number of nitrogens with zero attached hydrogens (tertiary/aromatic N) is 1. The molecule has 0 aromatic rings. The fraction of sp³-hybridized carbons (Fsp3) is 0.929. The van der Waals surface area contributed by atoms with Gasteiger partial charge in [0.2, 0.25) is 0 Å². The van der Waals surface area contributed by atoms with E-state index < -0.39 is 5.09 Å². The number of unbranched alkanes of at least 4 members (excludes halogenated alkanes) is 4. The Balaban J connectivity index is 3.38. The van der Waals surface area contributed by atoms with Gasteiger partial charge >= 0.3 is 0 Å². The highest BCUT2D eigenvalue weighted by atomic mass is 16.9. The minimum atomic E-state index is -0.801. The van der Waals surface area contributed by atoms with Gasteiger partial charge in [-0.25, -0.2) is 0 Å². The van der Waals surface area contributed by atoms with Crippen molar-refractivity contribution in [2.24, 2.45) is 0 Å². The zero-order valence-corrected chi connectivity index (χ0v) is 12.4. The number of Topliss-reactive ketones (excluding diaryl/α,β-unsaturated/α-hetero) is 1. The molecule has 6 heteroatoms. The van der Waals surface area contributed by atoms with Gasteiger partial charge in [-0.2, -0.15) is 0 Å². The number of ketones is 1. The van der Waals surface area contributed by atoms with Gasteiger partial charge in [0.15, 0.2) is 0 Å². The first-order valence-electron chi connectivity index (χ1n) is 7.53. The van der Waals surface area contributed by atoms with Crippen molar-refractivity contribution in [3.8, 4) is 0 Å². The molecule has 0 rings (SSSR count). The molecule has 0 aliphatic carbocycles. The van der Waals surface area contributed by atoms with E-state index in [0.29, 0.717) is 25.7 Å². The minimum absolute atomic E-state index is 0.0946. The Hall–Kier alpha value is -1.17. The SMILES string of the molecule is CCCCCC(O)CCC(=O)CCCCCO[N+](=O)[O-]. The highest BCUT2D eigenvalue weighted by molar-refractivity contribution is 5.78. The largest absolute Gasteiger partial charge is 0.393 e. The summed E-state index contributed by atoms with van der Waals surface area (Å²) < 4.78 is 0. The zero-order chi connectivity index (χ0) is 15.2. The summed E-state index contributed by atoms with van der Waals surface area (Å²) in [5.41, 5.74) is 0. The number of hydrogen-bond donors (Lipinski definition) is 1. The summed E-state index contributed by atoms with van der Waals surface area (Å²) >= 11 is 0. The second-order valence-corrected chi connectivity index (χ2v) is 5.09. The van der Waals surface area contributed by atoms with Crippen LogP contribution in [0.4, 0.5) is 0 Å². The van der Waals surface area contributed by atoms with Crippen LogP contribution in [0.15, 0.2) is 0 Å². The van der Waals surface area contributed by atoms with Crippen LogP contribution in [0.3, 0.4) is 0 Å². The molecule has 0 aromatic heterocycles. The second kappa shape index (κ2) is 12.8. The number of carbonyl (C=O) groups excluding carboxylic acids is 1. The van der Waals surface area contributed by atoms with Crippen molar-refractivity contribution in [2.45, 2.75) is 77.2 Å². The van der Waals surface area contributed by atoms with Crippen molar-refractivity contribution in [3.63, 3.8) is 0 Å². The van der Waals surface area contributed by atoms with Gasteiger partial charge in [-0.3, -0.25) is 4.79 Å². The molecule has 1 N–H and O–H groups in total. The third-order valence-corrected chi connectivity index (χ3v) is 3.19. The molecule has 20 heavy (non-hydrogen) atoms. The van der Waals surface area contributed by atoms with Crippen LogP contribution in [-0.2, 0) is 9.63 Å². The van der Waals surface area contributed by atoms with E-state index >= 15 is 0 Å². The highest BCUT2D eigenvalue weighted by Crippen LogP contribution is 2.10. The van der Waals surface area contributed by atoms with Crippen molar-refractivity contribution >= 4 is 5.78 Å². The Labute approximate surface area is 120 Å². The standard InChI is InChI=1S/C14H27NO5/c1-2-3-5-8-13(16)10-11-14(17)9-6-4-7-12-20-15(18)19/h13,16H,2-12H2,1H3. The summed E-state index contributed by atoms with van der Waals surface area (Å²) in [5, 5.41) is 18.8. The highest BCUT2D eigenvalue weighted by Gasteiger charge is 2.08. The molecule has 0 bridgehead atoms. The molecule has 0 fully saturated rings. The van der Waals surface area contributed by atoms with E-state index in [1.54, 1.807) is 0 Å². The molecule has 0 amide bonds. The normalized spacial score (nSPS) is 12.1. The van der Waals surface area contributed by atoms with Crippen LogP contribution in [0.5, 0.6) is 0 Å². The van der Waals surface area contributed by atoms with Gasteiger partial charge in [0.1, 0.15) is 5.78 Å². The van der Waals surface area contributed by atoms with Crippen LogP contribution in [0, 0.1) is 10.1 Å². The molecule has 6 nitrogen and oxygen atoms in total. The van der Waals surface area contributed by atoms with Crippen molar-refractivity contribution in [3.05, 3.63) is 10.1 Å². The lowest BCUT2D eigenvalue weighted by Crippen LogP contribution is -2.09. The first-order valence-corrected chi connectivity index (χ1v) is 7.53. The van der Waals surface area contributed by atoms with E-state index in [-0.39, 0.29) is 18.5 Å². The van der Waals surface area contributed by atoms with E-state index in [4.69, 9.17) is 0 Å². The molecule has 118 valence electrons. The fourth-order valence-electron chi connectivity index (χ4n) is 1.97. The van der Waals surface area contributed by atoms with Crippen LogP contribution in [-0.4, -0.2) is 28.7 Å². The topological polar surface area (TPSA) is 89.7 Å². The minimum Gasteiger partial charge on any atom is -0.393 e. The fourth-order valence-corrected chi connectivity index (χ4v) is 1.97. The van der Waals surface area contributed by atoms with Crippen molar-refractivity contribution < 1.29 is 19.8 Å². The third-order valence-electron chi connectivity index (χ3n) is 3.19. The van der Waals surface area contributed by atoms with Gasteiger partial charge in [-0.05, 0) is 25.7 Å². The Bertz CT molecular complexity index is 270. The Kier molecular flexibility index (Phi) is 12.1. The summed E-state index contributed by atoms with van der Waals surface area (Å²) in [6.45, 7) is 2.21. The van der Waals surface area contributed by atoms with Gasteiger partial charge in [-0.15, -0.1) is 10.1 Å². The number of carbonyl (C=O) groups is 1. The predicted octanol–water partition coefficient (Wildman–Crippen LogP) is 3.05. The van der Waals surface area contributed by atoms with Crippen LogP contribution < -0.4 is 0 Å². The lowest BCUT2D eigenvalue weighted by atomic mass is 10.0. The van der Waals surface area contributed by atoms with Crippen LogP contribution in [0.1, 0.15) is 71.1 Å². The lowest BCUT2D eigenvalue weighted by molar-refractivity contribution is -0.757. The average molecular weight is 289 g/mol. The molecule has 0 saturated heterocycles. The Morgan fingerprint density at radius 2 is 1.90 bits per heavy atom. The zero-order valence-electron chi connectivity index (χ0n) is 12.4. The predicted molar refractivity (Wildman–Crippen MR) is 75.8 cm³/mol. The molecule has 0 spiro atoms. The summed E-state index contributed by atoms with van der Waals surface area (Å²) in [5.74, 6) is 0.162. The summed E-state index contributed by atoms with van der Waals surface area (Å²) in [7, 11) is 0. The molecular formula is C14H27NO5. The third kappa shape index (κ3) is 13.3. The first kappa shape index (κ1) is 18.8. The van der Waals surface area contributed by atoms with Crippen molar-refractivity contribution in [1.82, 2.24) is 0 Å². The lowest BCUT2D eigenvalue weighted by Gasteiger charge is -2.09. The maximum atomic E-state index is 11.6. The monoisotopic (exact) mass is 289 g/mol. The van der Waals surface area contributed by atoms with Gasteiger partial charge in [0.05, 0.1) is 12.7 Å². The number of aliphatic hydroxyl groups excluding tert-OH is 1. The van der Waals surface area contributed by atoms with Crippen LogP contribution in [0.2, 0.25) is 0 Å². The first-order chi connectivity index (χ1) is 9.56. The summed E-state index contributed by atoms with van der Waals surface area (Å²) in [4.78, 5) is 25.6. The molecule has 1 atom stereocenters. The molecule has 0 aliphatic rings. The van der Waals surface area contributed by atoms with Crippen molar-refractivity contribution in [2.75, 3.05) is 6.61 Å². The molecule has 1 unspecified atom stereocenters. The van der Waals surface area contributed by atoms with E-state index in [0.717, 1.165) is 38.5 Å². The maximum Gasteiger partial charge on any atom is 0.294 e. The molecule has 0 radical (unpaired) electrons. The molecule has 0 saturated carbocycles. The van der Waals surface area contributed by atoms with Gasteiger partial charge in [0, 0.05) is 12.8 Å². The Morgan fingerprint density at radius 1 is 1.15 bits per heavy atom. The quantitative estimate of drug-likeness (QED) is 0.301. The van der Waals surface area contributed by atoms with Crippen LogP contribution >= 0.6 is 0 Å². The molecule has 0 aliphatic heterocycles. The van der Waals surface area contributed by atoms with E-state index in [1.807, 2.05) is 0 Å². The smallest absolute Gasteiger partial charge is 0.294 e. The van der Waals surface area contributed by atoms with Gasteiger partial charge in [0.25, 0.3) is 5.09 Å². The molecular weight excluding hydrogens is 262 g/mol. The number of hydrogen-bond acceptors (Lipinski definition) is 5. The van der Waals surface area contributed by atoms with Crippen molar-refractivity contribution in [1.29, 1.82) is 0 Å².